The molecule has 0 aromatic rings. The molecule has 0 aliphatic carbocycles. The molecular formula is C9H19NO5Sm. The van der Waals surface area contributed by atoms with Gasteiger partial charge in [0.1, 0.15) is 0 Å². The Labute approximate surface area is 127 Å². The minimum absolute atomic E-state index is 0. The molecule has 0 radical (unpaired) electrons. The van der Waals surface area contributed by atoms with Crippen LogP contribution in [0, 0.1) is 40.4 Å². The van der Waals surface area contributed by atoms with Crippen LogP contribution in [0.1, 0.15) is 13.8 Å². The summed E-state index contributed by atoms with van der Waals surface area (Å²) < 4.78 is 0. The van der Waals surface area contributed by atoms with E-state index in [9.17, 15) is 4.79 Å². The Morgan fingerprint density at radius 2 is 1.50 bits per heavy atom. The van der Waals surface area contributed by atoms with E-state index in [4.69, 9.17) is 26.2 Å². The Balaban J connectivity index is -0.000000200. The first-order chi connectivity index (χ1) is 6.81. The van der Waals surface area contributed by atoms with Crippen molar-refractivity contribution in [1.82, 2.24) is 0 Å². The summed E-state index contributed by atoms with van der Waals surface area (Å²) in [6.07, 6.45) is 1.17. The van der Waals surface area contributed by atoms with E-state index in [2.05, 4.69) is 0 Å². The molecule has 96 valence electrons. The average Bonchev–Trinajstić information content (AvgIpc) is 2.15. The molecule has 7 heteroatoms. The number of rotatable bonds is 4. The van der Waals surface area contributed by atoms with Crippen LogP contribution in [-0.2, 0) is 4.79 Å². The van der Waals surface area contributed by atoms with Crippen LogP contribution in [0.3, 0.4) is 0 Å². The summed E-state index contributed by atoms with van der Waals surface area (Å²) in [6.45, 7) is 1.64. The van der Waals surface area contributed by atoms with Gasteiger partial charge in [-0.25, -0.2) is 0 Å². The fraction of sp³-hybridized carbons (Fsp3) is 0.667. The molecule has 0 amide bonds. The zero-order valence-electron chi connectivity index (χ0n) is 9.38. The monoisotopic (exact) mass is 373 g/mol. The first-order valence-electron chi connectivity index (χ1n) is 4.30. The maximum Gasteiger partial charge on any atom is 0.155 e. The second-order valence-corrected chi connectivity index (χ2v) is 3.23. The van der Waals surface area contributed by atoms with Crippen molar-refractivity contribution in [1.29, 1.82) is 0 Å². The molecule has 0 saturated carbocycles. The Bertz CT molecular complexity index is 204. The summed E-state index contributed by atoms with van der Waals surface area (Å²) in [6, 6.07) is 0. The van der Waals surface area contributed by atoms with E-state index in [-0.39, 0.29) is 51.9 Å². The quantitative estimate of drug-likeness (QED) is 0.309. The van der Waals surface area contributed by atoms with Crippen LogP contribution >= 0.6 is 0 Å². The summed E-state index contributed by atoms with van der Waals surface area (Å²) >= 11 is 0. The second-order valence-electron chi connectivity index (χ2n) is 3.23. The van der Waals surface area contributed by atoms with Crippen molar-refractivity contribution in [3.8, 4) is 0 Å². The Morgan fingerprint density at radius 1 is 1.19 bits per heavy atom. The maximum absolute atomic E-state index is 10.0. The number of hydrogen-bond donors (Lipinski definition) is 5. The van der Waals surface area contributed by atoms with Crippen LogP contribution in [0.15, 0.2) is 11.8 Å². The molecule has 0 aromatic heterocycles. The summed E-state index contributed by atoms with van der Waals surface area (Å²) in [5.41, 5.74) is 3.94. The van der Waals surface area contributed by atoms with Crippen molar-refractivity contribution < 1.29 is 65.6 Å². The van der Waals surface area contributed by atoms with E-state index in [1.165, 1.54) is 19.9 Å². The van der Waals surface area contributed by atoms with E-state index in [0.29, 0.717) is 0 Å². The van der Waals surface area contributed by atoms with E-state index < -0.39 is 25.4 Å². The Kier molecular flexibility index (Phi) is 16.0. The first kappa shape index (κ1) is 21.6. The minimum atomic E-state index is -1.21. The van der Waals surface area contributed by atoms with Gasteiger partial charge in [0.05, 0.1) is 31.1 Å². The number of carbonyl (C=O) groups is 1. The smallest absolute Gasteiger partial charge is 0.155 e. The molecule has 0 heterocycles. The van der Waals surface area contributed by atoms with Crippen molar-refractivity contribution in [2.75, 3.05) is 19.8 Å². The topological polar surface area (TPSA) is 124 Å². The van der Waals surface area contributed by atoms with Crippen molar-refractivity contribution in [3.63, 3.8) is 0 Å². The van der Waals surface area contributed by atoms with Gasteiger partial charge in [-0.15, -0.1) is 0 Å². The zero-order valence-corrected chi connectivity index (χ0v) is 12.0. The fourth-order valence-electron chi connectivity index (χ4n) is 0.444. The average molecular weight is 372 g/mol. The molecule has 6 nitrogen and oxygen atoms in total. The third kappa shape index (κ3) is 14.4. The predicted molar refractivity (Wildman–Crippen MR) is 55.2 cm³/mol. The molecule has 0 aliphatic heterocycles. The fourth-order valence-corrected chi connectivity index (χ4v) is 0.444. The van der Waals surface area contributed by atoms with Gasteiger partial charge in [-0.3, -0.25) is 4.79 Å². The van der Waals surface area contributed by atoms with Gasteiger partial charge in [0.2, 0.25) is 0 Å². The second kappa shape index (κ2) is 11.9. The Morgan fingerprint density at radius 3 is 1.50 bits per heavy atom. The number of hydrogen-bond acceptors (Lipinski definition) is 6. The molecule has 0 atom stereocenters. The number of allylic oxidation sites excluding steroid dienone is 2. The van der Waals surface area contributed by atoms with Gasteiger partial charge in [0.15, 0.2) is 5.78 Å². The van der Waals surface area contributed by atoms with E-state index >= 15 is 0 Å². The van der Waals surface area contributed by atoms with Gasteiger partial charge >= 0.3 is 0 Å². The molecule has 16 heavy (non-hydrogen) atoms. The summed E-state index contributed by atoms with van der Waals surface area (Å²) in [7, 11) is 0. The van der Waals surface area contributed by atoms with Crippen LogP contribution in [-0.4, -0.2) is 51.6 Å². The normalized spacial score (nSPS) is 11.0. The van der Waals surface area contributed by atoms with E-state index in [1.807, 2.05) is 0 Å². The maximum atomic E-state index is 10.0. The van der Waals surface area contributed by atoms with Gasteiger partial charge in [0, 0.05) is 46.5 Å². The molecule has 0 aromatic carbocycles. The molecule has 0 bridgehead atoms. The molecule has 0 saturated heterocycles. The molecule has 0 rings (SSSR count). The summed E-state index contributed by atoms with van der Waals surface area (Å²) in [5, 5.41) is 33.4. The van der Waals surface area contributed by atoms with Gasteiger partial charge < -0.3 is 26.2 Å². The van der Waals surface area contributed by atoms with E-state index in [1.54, 1.807) is 0 Å². The minimum Gasteiger partial charge on any atom is -0.512 e. The van der Waals surface area contributed by atoms with Crippen molar-refractivity contribution in [2.45, 2.75) is 19.4 Å². The molecule has 0 fully saturated rings. The largest absolute Gasteiger partial charge is 0.512 e. The van der Waals surface area contributed by atoms with Crippen LogP contribution in [0.25, 0.3) is 0 Å². The molecule has 0 unspecified atom stereocenters. The number of ketones is 1. The van der Waals surface area contributed by atoms with Crippen LogP contribution in [0.4, 0.5) is 0 Å². The number of carbonyl (C=O) groups excluding carboxylic acids is 1. The van der Waals surface area contributed by atoms with Crippen LogP contribution < -0.4 is 5.73 Å². The van der Waals surface area contributed by atoms with Crippen LogP contribution in [0.2, 0.25) is 0 Å². The van der Waals surface area contributed by atoms with Crippen molar-refractivity contribution in [2.24, 2.45) is 5.73 Å². The zero-order chi connectivity index (χ0) is 12.5. The number of aliphatic hydroxyl groups is 4. The number of nitrogens with two attached hydrogens (primary N) is 1. The molecular weight excluding hydrogens is 352 g/mol. The summed E-state index contributed by atoms with van der Waals surface area (Å²) in [4.78, 5) is 10.0. The standard InChI is InChI=1S/C5H8O2.C4H11NO3.Sm/c1-4(6)3-5(2)7;5-4(1-6,2-7)3-8;/h3,6H,1-2H3;6-8H,1-3,5H2;/b4-3-;;. The van der Waals surface area contributed by atoms with Gasteiger partial charge in [-0.1, -0.05) is 0 Å². The molecule has 0 aliphatic rings. The van der Waals surface area contributed by atoms with Gasteiger partial charge in [-0.05, 0) is 13.8 Å². The van der Waals surface area contributed by atoms with Gasteiger partial charge in [-0.2, -0.15) is 0 Å². The number of aliphatic hydroxyl groups excluding tert-OH is 4. The molecule has 0 spiro atoms. The van der Waals surface area contributed by atoms with Gasteiger partial charge in [0.25, 0.3) is 0 Å². The third-order valence-electron chi connectivity index (χ3n) is 1.36. The predicted octanol–water partition coefficient (Wildman–Crippen LogP) is -1.30. The first-order valence-corrected chi connectivity index (χ1v) is 4.30. The third-order valence-corrected chi connectivity index (χ3v) is 1.36. The van der Waals surface area contributed by atoms with Crippen molar-refractivity contribution in [3.05, 3.63) is 11.8 Å². The Hall–Kier alpha value is 0.388. The van der Waals surface area contributed by atoms with Crippen molar-refractivity contribution >= 4 is 5.78 Å². The molecule has 6 N–H and O–H groups in total. The summed E-state index contributed by atoms with van der Waals surface area (Å²) in [5.74, 6) is -0.0625. The van der Waals surface area contributed by atoms with Crippen LogP contribution in [0.5, 0.6) is 0 Å². The SMILES string of the molecule is CC(=O)/C=C(/C)O.NC(CO)(CO)CO.[Sm]. The van der Waals surface area contributed by atoms with E-state index in [0.717, 1.165) is 0 Å².